The number of nitrogens with zero attached hydrogens (tertiary/aromatic N) is 3. The normalized spacial score (nSPS) is 12.0. The number of benzene rings is 2. The fourth-order valence-corrected chi connectivity index (χ4v) is 3.64. The molecule has 180 valence electrons. The van der Waals surface area contributed by atoms with E-state index in [1.807, 2.05) is 54.2 Å². The molecular formula is C28H37N5O. The lowest BCUT2D eigenvalue weighted by atomic mass is 9.87. The lowest BCUT2D eigenvalue weighted by Crippen LogP contribution is -2.36. The minimum absolute atomic E-state index is 0.0353. The SMILES string of the molecule is CCCn1cc(CN=C(NC(=O)c2ccc(C(C)(C)C)cc2)Nc2cccc(CC)c2)c(C)n1. The highest BCUT2D eigenvalue weighted by Gasteiger charge is 2.15. The minimum Gasteiger partial charge on any atom is -0.326 e. The van der Waals surface area contributed by atoms with Gasteiger partial charge in [0.15, 0.2) is 0 Å². The Morgan fingerprint density at radius 3 is 2.47 bits per heavy atom. The summed E-state index contributed by atoms with van der Waals surface area (Å²) in [4.78, 5) is 17.8. The summed E-state index contributed by atoms with van der Waals surface area (Å²) < 4.78 is 1.95. The third kappa shape index (κ3) is 6.80. The molecule has 0 unspecified atom stereocenters. The number of hydrogen-bond acceptors (Lipinski definition) is 3. The molecule has 0 spiro atoms. The Morgan fingerprint density at radius 1 is 1.09 bits per heavy atom. The fraction of sp³-hybridized carbons (Fsp3) is 0.393. The summed E-state index contributed by atoms with van der Waals surface area (Å²) in [5.74, 6) is 0.220. The fourth-order valence-electron chi connectivity index (χ4n) is 3.64. The number of aromatic nitrogens is 2. The maximum Gasteiger partial charge on any atom is 0.257 e. The van der Waals surface area contributed by atoms with Crippen LogP contribution in [-0.4, -0.2) is 21.6 Å². The van der Waals surface area contributed by atoms with Crippen LogP contribution in [0.15, 0.2) is 59.7 Å². The first-order chi connectivity index (χ1) is 16.2. The van der Waals surface area contributed by atoms with E-state index in [1.165, 1.54) is 11.1 Å². The molecule has 0 saturated heterocycles. The average molecular weight is 460 g/mol. The standard InChI is InChI=1S/C28H37N5O/c1-7-16-33-19-23(20(3)32-33)18-29-27(30-25-11-9-10-21(8-2)17-25)31-26(34)22-12-14-24(15-13-22)28(4,5)6/h9-15,17,19H,7-8,16,18H2,1-6H3,(H2,29,30,31,34). The predicted octanol–water partition coefficient (Wildman–Crippen LogP) is 5.86. The van der Waals surface area contributed by atoms with Crippen molar-refractivity contribution < 1.29 is 4.79 Å². The molecule has 1 aromatic heterocycles. The summed E-state index contributed by atoms with van der Waals surface area (Å²) in [6.07, 6.45) is 3.99. The highest BCUT2D eigenvalue weighted by molar-refractivity contribution is 6.10. The number of carbonyl (C=O) groups excluding carboxylic acids is 1. The van der Waals surface area contributed by atoms with Crippen LogP contribution in [0, 0.1) is 6.92 Å². The maximum atomic E-state index is 13.0. The summed E-state index contributed by atoms with van der Waals surface area (Å²) >= 11 is 0. The summed E-state index contributed by atoms with van der Waals surface area (Å²) in [5.41, 5.74) is 5.91. The van der Waals surface area contributed by atoms with Gasteiger partial charge in [-0.3, -0.25) is 14.8 Å². The molecule has 1 amide bonds. The number of aryl methyl sites for hydroxylation is 3. The van der Waals surface area contributed by atoms with Crippen molar-refractivity contribution in [3.63, 3.8) is 0 Å². The number of nitrogens with one attached hydrogen (secondary N) is 2. The second kappa shape index (κ2) is 11.1. The molecule has 6 heteroatoms. The van der Waals surface area contributed by atoms with Crippen LogP contribution < -0.4 is 10.6 Å². The largest absolute Gasteiger partial charge is 0.326 e. The first-order valence-electron chi connectivity index (χ1n) is 12.0. The van der Waals surface area contributed by atoms with Crippen molar-refractivity contribution in [1.82, 2.24) is 15.1 Å². The lowest BCUT2D eigenvalue weighted by Gasteiger charge is -2.19. The smallest absolute Gasteiger partial charge is 0.257 e. The summed E-state index contributed by atoms with van der Waals surface area (Å²) in [6, 6.07) is 15.9. The van der Waals surface area contributed by atoms with Crippen molar-refractivity contribution in [2.75, 3.05) is 5.32 Å². The van der Waals surface area contributed by atoms with Gasteiger partial charge < -0.3 is 5.32 Å². The van der Waals surface area contributed by atoms with E-state index < -0.39 is 0 Å². The van der Waals surface area contributed by atoms with Gasteiger partial charge in [0.25, 0.3) is 5.91 Å². The zero-order valence-corrected chi connectivity index (χ0v) is 21.3. The molecule has 0 radical (unpaired) electrons. The Bertz CT molecular complexity index is 1140. The summed E-state index contributed by atoms with van der Waals surface area (Å²) in [7, 11) is 0. The van der Waals surface area contributed by atoms with Crippen molar-refractivity contribution in [1.29, 1.82) is 0 Å². The third-order valence-electron chi connectivity index (χ3n) is 5.75. The van der Waals surface area contributed by atoms with Crippen LogP contribution in [0.25, 0.3) is 0 Å². The molecule has 0 aliphatic carbocycles. The van der Waals surface area contributed by atoms with Gasteiger partial charge in [0.1, 0.15) is 0 Å². The zero-order chi connectivity index (χ0) is 24.7. The van der Waals surface area contributed by atoms with E-state index in [2.05, 4.69) is 62.5 Å². The van der Waals surface area contributed by atoms with Crippen LogP contribution >= 0.6 is 0 Å². The average Bonchev–Trinajstić information content (AvgIpc) is 3.16. The molecule has 34 heavy (non-hydrogen) atoms. The maximum absolute atomic E-state index is 13.0. The van der Waals surface area contributed by atoms with Gasteiger partial charge in [0.2, 0.25) is 5.96 Å². The number of hydrogen-bond donors (Lipinski definition) is 2. The van der Waals surface area contributed by atoms with Gasteiger partial charge in [0, 0.05) is 29.6 Å². The van der Waals surface area contributed by atoms with Crippen molar-refractivity contribution in [3.05, 3.63) is 82.7 Å². The molecule has 2 aromatic carbocycles. The van der Waals surface area contributed by atoms with E-state index in [-0.39, 0.29) is 11.3 Å². The summed E-state index contributed by atoms with van der Waals surface area (Å²) in [6.45, 7) is 14.0. The Labute approximate surface area is 203 Å². The molecule has 0 aliphatic heterocycles. The predicted molar refractivity (Wildman–Crippen MR) is 140 cm³/mol. The van der Waals surface area contributed by atoms with Gasteiger partial charge >= 0.3 is 0 Å². The third-order valence-corrected chi connectivity index (χ3v) is 5.75. The molecule has 0 atom stereocenters. The molecule has 0 aliphatic rings. The molecule has 1 heterocycles. The van der Waals surface area contributed by atoms with E-state index in [0.29, 0.717) is 18.1 Å². The van der Waals surface area contributed by atoms with Gasteiger partial charge in [-0.2, -0.15) is 5.10 Å². The number of carbonyl (C=O) groups is 1. The van der Waals surface area contributed by atoms with E-state index in [4.69, 9.17) is 4.99 Å². The van der Waals surface area contributed by atoms with E-state index in [1.54, 1.807) is 0 Å². The van der Waals surface area contributed by atoms with Crippen molar-refractivity contribution in [3.8, 4) is 0 Å². The molecule has 6 nitrogen and oxygen atoms in total. The van der Waals surface area contributed by atoms with Crippen molar-refractivity contribution in [2.24, 2.45) is 4.99 Å². The van der Waals surface area contributed by atoms with E-state index in [9.17, 15) is 4.79 Å². The van der Waals surface area contributed by atoms with Crippen LogP contribution in [0.4, 0.5) is 5.69 Å². The molecule has 3 aromatic rings. The zero-order valence-electron chi connectivity index (χ0n) is 21.3. The van der Waals surface area contributed by atoms with Gasteiger partial charge in [0.05, 0.1) is 12.2 Å². The highest BCUT2D eigenvalue weighted by atomic mass is 16.1. The highest BCUT2D eigenvalue weighted by Crippen LogP contribution is 2.22. The van der Waals surface area contributed by atoms with Gasteiger partial charge in [-0.25, -0.2) is 4.99 Å². The van der Waals surface area contributed by atoms with Crippen LogP contribution in [0.5, 0.6) is 0 Å². The minimum atomic E-state index is -0.197. The number of rotatable bonds is 7. The quantitative estimate of drug-likeness (QED) is 0.343. The number of aliphatic imine (C=N–C) groups is 1. The molecule has 3 rings (SSSR count). The van der Waals surface area contributed by atoms with Crippen LogP contribution in [0.1, 0.15) is 73.8 Å². The molecule has 0 saturated carbocycles. The van der Waals surface area contributed by atoms with Gasteiger partial charge in [-0.15, -0.1) is 0 Å². The number of amides is 1. The monoisotopic (exact) mass is 459 g/mol. The Hall–Kier alpha value is -3.41. The van der Waals surface area contributed by atoms with Gasteiger partial charge in [-0.05, 0) is 60.6 Å². The number of anilines is 1. The second-order valence-corrected chi connectivity index (χ2v) is 9.63. The molecular weight excluding hydrogens is 422 g/mol. The Morgan fingerprint density at radius 2 is 1.82 bits per heavy atom. The van der Waals surface area contributed by atoms with E-state index >= 15 is 0 Å². The first-order valence-corrected chi connectivity index (χ1v) is 12.0. The Kier molecular flexibility index (Phi) is 8.26. The second-order valence-electron chi connectivity index (χ2n) is 9.63. The molecule has 0 fully saturated rings. The van der Waals surface area contributed by atoms with Crippen molar-refractivity contribution >= 4 is 17.6 Å². The lowest BCUT2D eigenvalue weighted by molar-refractivity contribution is 0.0977. The Balaban J connectivity index is 1.83. The number of guanidine groups is 1. The van der Waals surface area contributed by atoms with Crippen molar-refractivity contribution in [2.45, 2.75) is 72.9 Å². The molecule has 2 N–H and O–H groups in total. The van der Waals surface area contributed by atoms with Gasteiger partial charge in [-0.1, -0.05) is 58.9 Å². The summed E-state index contributed by atoms with van der Waals surface area (Å²) in [5, 5.41) is 10.8. The van der Waals surface area contributed by atoms with Crippen LogP contribution in [0.3, 0.4) is 0 Å². The first kappa shape index (κ1) is 25.2. The van der Waals surface area contributed by atoms with E-state index in [0.717, 1.165) is 36.3 Å². The molecule has 0 bridgehead atoms. The van der Waals surface area contributed by atoms with Crippen LogP contribution in [-0.2, 0) is 24.9 Å². The topological polar surface area (TPSA) is 71.3 Å². The van der Waals surface area contributed by atoms with Crippen LogP contribution in [0.2, 0.25) is 0 Å².